The van der Waals surface area contributed by atoms with E-state index in [2.05, 4.69) is 72.3 Å². The summed E-state index contributed by atoms with van der Waals surface area (Å²) in [7, 11) is 8.31. The van der Waals surface area contributed by atoms with Crippen molar-refractivity contribution in [1.29, 1.82) is 0 Å². The van der Waals surface area contributed by atoms with E-state index in [1.807, 2.05) is 30.5 Å². The van der Waals surface area contributed by atoms with E-state index in [0.29, 0.717) is 23.5 Å². The van der Waals surface area contributed by atoms with Crippen LogP contribution in [0.15, 0.2) is 79.0 Å². The lowest BCUT2D eigenvalue weighted by molar-refractivity contribution is -0.134. The van der Waals surface area contributed by atoms with Crippen molar-refractivity contribution in [3.8, 4) is 5.75 Å². The number of methoxy groups -OCH3 is 1. The highest BCUT2D eigenvalue weighted by molar-refractivity contribution is 8.93. The van der Waals surface area contributed by atoms with E-state index in [9.17, 15) is 9.59 Å². The average Bonchev–Trinajstić information content (AvgIpc) is 3.07. The van der Waals surface area contributed by atoms with Gasteiger partial charge >= 0.3 is 11.9 Å². The molecule has 2 aliphatic carbocycles. The summed E-state index contributed by atoms with van der Waals surface area (Å²) in [5, 5.41) is 16.4. The van der Waals surface area contributed by atoms with Crippen LogP contribution >= 0.6 is 28.6 Å². The van der Waals surface area contributed by atoms with Crippen LogP contribution < -0.4 is 4.74 Å². The Morgan fingerprint density at radius 1 is 1.06 bits per heavy atom. The van der Waals surface area contributed by atoms with Gasteiger partial charge in [0, 0.05) is 46.4 Å². The van der Waals surface area contributed by atoms with Crippen LogP contribution in [0, 0.1) is 5.92 Å². The van der Waals surface area contributed by atoms with E-state index in [4.69, 9.17) is 26.6 Å². The minimum absolute atomic E-state index is 0. The number of likely N-dealkylation sites (tertiary alicyclic amines) is 1. The van der Waals surface area contributed by atoms with Gasteiger partial charge in [0.25, 0.3) is 0 Å². The predicted molar refractivity (Wildman–Crippen MR) is 197 cm³/mol. The monoisotopic (exact) mass is 741 g/mol. The van der Waals surface area contributed by atoms with Gasteiger partial charge in [0.1, 0.15) is 5.75 Å². The molecule has 3 aliphatic rings. The third kappa shape index (κ3) is 10.1. The molecule has 260 valence electrons. The number of aliphatic carboxylic acids is 2. The van der Waals surface area contributed by atoms with Gasteiger partial charge in [-0.05, 0) is 125 Å². The van der Waals surface area contributed by atoms with Crippen molar-refractivity contribution < 1.29 is 24.5 Å². The summed E-state index contributed by atoms with van der Waals surface area (Å²) < 4.78 is 5.51. The summed E-state index contributed by atoms with van der Waals surface area (Å²) in [6.45, 7) is 2.29. The largest absolute Gasteiger partial charge is 0.497 e. The molecule has 2 fully saturated rings. The molecule has 0 spiro atoms. The molecule has 6 rings (SSSR count). The molecule has 2 N–H and O–H groups in total. The Balaban J connectivity index is 0.000000211. The number of likely N-dealkylation sites (N-methyl/N-ethyl adjacent to an activating group) is 1. The minimum atomic E-state index is -1.26. The van der Waals surface area contributed by atoms with E-state index >= 15 is 0 Å². The first-order valence-corrected chi connectivity index (χ1v) is 16.7. The number of pyridine rings is 1. The van der Waals surface area contributed by atoms with Gasteiger partial charge in [-0.25, -0.2) is 9.59 Å². The van der Waals surface area contributed by atoms with Gasteiger partial charge < -0.3 is 24.7 Å². The van der Waals surface area contributed by atoms with Crippen molar-refractivity contribution in [2.24, 2.45) is 5.92 Å². The number of carboxylic acids is 2. The van der Waals surface area contributed by atoms with Crippen molar-refractivity contribution in [2.45, 2.75) is 62.3 Å². The molecule has 1 saturated carbocycles. The zero-order valence-electron chi connectivity index (χ0n) is 28.3. The van der Waals surface area contributed by atoms with Gasteiger partial charge in [0.15, 0.2) is 0 Å². The lowest BCUT2D eigenvalue weighted by atomic mass is 9.52. The standard InChI is InChI=1S/C18H25NO.C16H19ClN2.C4H4O4.BrH/c1-19-10-9-18-8-4-3-5-15(18)17(19)11-13-6-7-14(20-2)12-16(13)18;1-19(2)12-10-15(16-5-3-4-11-18-16)13-6-8-14(17)9-7-13;5-3(6)1-2-4(7)8;/h6-7,12,15,17H,3-5,8-11H2,1-2H3;3-9,11,15H,10,12H2,1-2H3;1-2H,(H,5,6)(H,7,8);1H/b;;2-1-;/t15-,17+,18+;;;/m0.../s1. The third-order valence-electron chi connectivity index (χ3n) is 9.87. The second-order valence-corrected chi connectivity index (χ2v) is 13.4. The van der Waals surface area contributed by atoms with Crippen LogP contribution in [0.3, 0.4) is 0 Å². The van der Waals surface area contributed by atoms with Gasteiger partial charge in [0.2, 0.25) is 0 Å². The second kappa shape index (κ2) is 18.5. The average molecular weight is 743 g/mol. The number of piperidine rings is 1. The second-order valence-electron chi connectivity index (χ2n) is 13.0. The molecule has 1 aliphatic heterocycles. The lowest BCUT2D eigenvalue weighted by Gasteiger charge is -2.58. The Morgan fingerprint density at radius 3 is 2.38 bits per heavy atom. The van der Waals surface area contributed by atoms with Gasteiger partial charge in [-0.2, -0.15) is 0 Å². The highest BCUT2D eigenvalue weighted by atomic mass is 79.9. The lowest BCUT2D eigenvalue weighted by Crippen LogP contribution is -2.59. The number of hydrogen-bond acceptors (Lipinski definition) is 6. The van der Waals surface area contributed by atoms with Crippen LogP contribution in [-0.4, -0.2) is 84.3 Å². The number of halogens is 2. The Kier molecular flexibility index (Phi) is 15.1. The smallest absolute Gasteiger partial charge is 0.328 e. The zero-order chi connectivity index (χ0) is 34.0. The number of ether oxygens (including phenoxy) is 1. The van der Waals surface area contributed by atoms with Gasteiger partial charge in [0.05, 0.1) is 7.11 Å². The fourth-order valence-electron chi connectivity index (χ4n) is 7.60. The summed E-state index contributed by atoms with van der Waals surface area (Å²) >= 11 is 5.97. The molecule has 0 radical (unpaired) electrons. The maximum atomic E-state index is 9.55. The molecule has 2 heterocycles. The molecule has 2 bridgehead atoms. The molecule has 1 saturated heterocycles. The first kappa shape index (κ1) is 39.2. The Bertz CT molecular complexity index is 1490. The molecule has 2 aromatic carbocycles. The first-order chi connectivity index (χ1) is 22.5. The summed E-state index contributed by atoms with van der Waals surface area (Å²) in [6.07, 6.45) is 12.2. The van der Waals surface area contributed by atoms with Crippen molar-refractivity contribution >= 4 is 40.5 Å². The van der Waals surface area contributed by atoms with Crippen molar-refractivity contribution in [2.75, 3.05) is 41.3 Å². The van der Waals surface area contributed by atoms with E-state index in [1.165, 1.54) is 50.6 Å². The van der Waals surface area contributed by atoms with Crippen LogP contribution in [0.4, 0.5) is 0 Å². The summed E-state index contributed by atoms with van der Waals surface area (Å²) in [5.74, 6) is -0.282. The molecule has 1 unspecified atom stereocenters. The number of aromatic nitrogens is 1. The molecule has 48 heavy (non-hydrogen) atoms. The SMILES string of the molecule is Br.CN(C)CCC(c1ccc(Cl)cc1)c1ccccn1.COc1ccc2c(c1)[C@@]13CCCC[C@H]1[C@@H](C2)N(C)CC3.O=C(O)/C=C\C(=O)O. The molecular formula is C38H49BrClN3O5. The normalized spacial score (nSPS) is 21.6. The maximum Gasteiger partial charge on any atom is 0.328 e. The highest BCUT2D eigenvalue weighted by Gasteiger charge is 2.53. The van der Waals surface area contributed by atoms with Crippen molar-refractivity contribution in [1.82, 2.24) is 14.8 Å². The van der Waals surface area contributed by atoms with Crippen molar-refractivity contribution in [3.63, 3.8) is 0 Å². The van der Waals surface area contributed by atoms with Crippen LogP contribution in [0.5, 0.6) is 5.75 Å². The number of rotatable bonds is 8. The van der Waals surface area contributed by atoms with E-state index in [1.54, 1.807) is 18.2 Å². The summed E-state index contributed by atoms with van der Waals surface area (Å²) in [4.78, 5) is 28.4. The molecule has 3 aromatic rings. The molecule has 10 heteroatoms. The third-order valence-corrected chi connectivity index (χ3v) is 10.1. The Morgan fingerprint density at radius 2 is 1.77 bits per heavy atom. The topological polar surface area (TPSA) is 103 Å². The van der Waals surface area contributed by atoms with E-state index < -0.39 is 11.9 Å². The number of hydrogen-bond donors (Lipinski definition) is 2. The first-order valence-electron chi connectivity index (χ1n) is 16.4. The number of benzene rings is 2. The Labute approximate surface area is 300 Å². The summed E-state index contributed by atoms with van der Waals surface area (Å²) in [6, 6.07) is 21.8. The molecular weight excluding hydrogens is 694 g/mol. The fraction of sp³-hybridized carbons (Fsp3) is 0.447. The quantitative estimate of drug-likeness (QED) is 0.229. The highest BCUT2D eigenvalue weighted by Crippen LogP contribution is 2.55. The zero-order valence-corrected chi connectivity index (χ0v) is 30.8. The predicted octanol–water partition coefficient (Wildman–Crippen LogP) is 7.49. The number of carbonyl (C=O) groups is 2. The number of carboxylic acid groups (broad SMARTS) is 2. The Hall–Kier alpha value is -3.24. The molecule has 1 aromatic heterocycles. The van der Waals surface area contributed by atoms with Gasteiger partial charge in [-0.15, -0.1) is 17.0 Å². The number of nitrogens with zero attached hydrogens (tertiary/aromatic N) is 3. The van der Waals surface area contributed by atoms with E-state index in [-0.39, 0.29) is 17.0 Å². The van der Waals surface area contributed by atoms with Crippen LogP contribution in [0.2, 0.25) is 5.02 Å². The fourth-order valence-corrected chi connectivity index (χ4v) is 7.72. The van der Waals surface area contributed by atoms with Crippen LogP contribution in [0.25, 0.3) is 0 Å². The van der Waals surface area contributed by atoms with Crippen LogP contribution in [-0.2, 0) is 21.4 Å². The number of fused-ring (bicyclic) bond motifs is 1. The van der Waals surface area contributed by atoms with Crippen molar-refractivity contribution in [3.05, 3.63) is 106 Å². The minimum Gasteiger partial charge on any atom is -0.497 e. The van der Waals surface area contributed by atoms with Crippen LogP contribution in [0.1, 0.15) is 66.8 Å². The molecule has 8 nitrogen and oxygen atoms in total. The molecule has 0 amide bonds. The van der Waals surface area contributed by atoms with Gasteiger partial charge in [-0.1, -0.05) is 48.7 Å². The summed E-state index contributed by atoms with van der Waals surface area (Å²) in [5.41, 5.74) is 6.06. The van der Waals surface area contributed by atoms with E-state index in [0.717, 1.165) is 41.4 Å². The van der Waals surface area contributed by atoms with Gasteiger partial charge in [-0.3, -0.25) is 4.98 Å². The maximum absolute atomic E-state index is 9.55. The molecule has 4 atom stereocenters.